The summed E-state index contributed by atoms with van der Waals surface area (Å²) in [5, 5.41) is 0. The molecule has 0 aliphatic heterocycles. The molecule has 0 N–H and O–H groups in total. The molecule has 2 rings (SSSR count). The quantitative estimate of drug-likeness (QED) is 0.552. The molecular formula is C14H22O. The topological polar surface area (TPSA) is 17.1 Å². The number of ketones is 1. The standard InChI is InChI=1S/C14H22O/c1-11-7-4-5-9-14(11)10-6-8-13(2,3)12(14)15/h4-5,11H,6-10H2,1-3H3. The average Bonchev–Trinajstić information content (AvgIpc) is 2.18. The van der Waals surface area contributed by atoms with Gasteiger partial charge in [0.1, 0.15) is 5.78 Å². The fourth-order valence-electron chi connectivity index (χ4n) is 3.43. The van der Waals surface area contributed by atoms with Crippen molar-refractivity contribution in [1.82, 2.24) is 0 Å². The predicted molar refractivity (Wildman–Crippen MR) is 62.6 cm³/mol. The Bertz CT molecular complexity index is 300. The summed E-state index contributed by atoms with van der Waals surface area (Å²) in [5.41, 5.74) is -0.103. The first-order chi connectivity index (χ1) is 6.99. The molecule has 0 heterocycles. The van der Waals surface area contributed by atoms with Crippen LogP contribution in [0.15, 0.2) is 12.2 Å². The van der Waals surface area contributed by atoms with E-state index in [-0.39, 0.29) is 10.8 Å². The molecule has 0 bridgehead atoms. The highest BCUT2D eigenvalue weighted by atomic mass is 16.1. The highest BCUT2D eigenvalue weighted by Gasteiger charge is 2.50. The largest absolute Gasteiger partial charge is 0.298 e. The molecule has 0 radical (unpaired) electrons. The molecule has 84 valence electrons. The van der Waals surface area contributed by atoms with Gasteiger partial charge in [-0.1, -0.05) is 39.3 Å². The lowest BCUT2D eigenvalue weighted by Crippen LogP contribution is -2.48. The summed E-state index contributed by atoms with van der Waals surface area (Å²) in [4.78, 5) is 12.6. The van der Waals surface area contributed by atoms with Crippen molar-refractivity contribution >= 4 is 5.78 Å². The molecule has 15 heavy (non-hydrogen) atoms. The van der Waals surface area contributed by atoms with Crippen LogP contribution >= 0.6 is 0 Å². The minimum absolute atomic E-state index is 0.0174. The van der Waals surface area contributed by atoms with Crippen LogP contribution in [0.25, 0.3) is 0 Å². The second-order valence-electron chi connectivity index (χ2n) is 6.03. The summed E-state index contributed by atoms with van der Waals surface area (Å²) < 4.78 is 0. The summed E-state index contributed by atoms with van der Waals surface area (Å²) in [7, 11) is 0. The van der Waals surface area contributed by atoms with Gasteiger partial charge >= 0.3 is 0 Å². The smallest absolute Gasteiger partial charge is 0.145 e. The number of allylic oxidation sites excluding steroid dienone is 2. The molecule has 0 saturated heterocycles. The highest BCUT2D eigenvalue weighted by Crippen LogP contribution is 2.51. The summed E-state index contributed by atoms with van der Waals surface area (Å²) in [6, 6.07) is 0. The lowest BCUT2D eigenvalue weighted by atomic mass is 9.55. The molecule has 0 aromatic heterocycles. The summed E-state index contributed by atoms with van der Waals surface area (Å²) in [6.45, 7) is 6.51. The summed E-state index contributed by atoms with van der Waals surface area (Å²) in [6.07, 6.45) is 9.93. The molecule has 1 spiro atoms. The zero-order valence-electron chi connectivity index (χ0n) is 10.2. The fraction of sp³-hybridized carbons (Fsp3) is 0.786. The molecule has 1 heteroatoms. The fourth-order valence-corrected chi connectivity index (χ4v) is 3.43. The lowest BCUT2D eigenvalue weighted by molar-refractivity contribution is -0.145. The number of Topliss-reactive ketones (excluding diaryl/α,β-unsaturated/α-hetero) is 1. The maximum absolute atomic E-state index is 12.6. The van der Waals surface area contributed by atoms with Gasteiger partial charge < -0.3 is 0 Å². The van der Waals surface area contributed by atoms with E-state index < -0.39 is 0 Å². The third-order valence-electron chi connectivity index (χ3n) is 4.57. The van der Waals surface area contributed by atoms with Crippen LogP contribution in [0.1, 0.15) is 52.9 Å². The van der Waals surface area contributed by atoms with E-state index in [0.29, 0.717) is 11.7 Å². The Hall–Kier alpha value is -0.590. The highest BCUT2D eigenvalue weighted by molar-refractivity contribution is 5.91. The molecule has 2 aliphatic rings. The minimum Gasteiger partial charge on any atom is -0.298 e. The van der Waals surface area contributed by atoms with Crippen molar-refractivity contribution in [3.05, 3.63) is 12.2 Å². The monoisotopic (exact) mass is 206 g/mol. The van der Waals surface area contributed by atoms with Crippen molar-refractivity contribution < 1.29 is 4.79 Å². The van der Waals surface area contributed by atoms with Crippen LogP contribution < -0.4 is 0 Å². The Balaban J connectivity index is 2.34. The molecular weight excluding hydrogens is 184 g/mol. The Labute approximate surface area is 92.9 Å². The molecule has 1 nitrogen and oxygen atoms in total. The second-order valence-corrected chi connectivity index (χ2v) is 6.03. The van der Waals surface area contributed by atoms with Gasteiger partial charge in [-0.25, -0.2) is 0 Å². The number of carbonyl (C=O) groups is 1. The molecule has 2 atom stereocenters. The van der Waals surface area contributed by atoms with E-state index in [2.05, 4.69) is 32.9 Å². The van der Waals surface area contributed by atoms with E-state index in [9.17, 15) is 4.79 Å². The first-order valence-corrected chi connectivity index (χ1v) is 6.19. The van der Waals surface area contributed by atoms with E-state index >= 15 is 0 Å². The second kappa shape index (κ2) is 3.47. The van der Waals surface area contributed by atoms with Crippen LogP contribution in [0.4, 0.5) is 0 Å². The van der Waals surface area contributed by atoms with Crippen molar-refractivity contribution in [3.63, 3.8) is 0 Å². The molecule has 2 unspecified atom stereocenters. The Morgan fingerprint density at radius 3 is 2.67 bits per heavy atom. The van der Waals surface area contributed by atoms with E-state index in [1.54, 1.807) is 0 Å². The SMILES string of the molecule is CC1CC=CCC12CCCC(C)(C)C2=O. The molecule has 2 aliphatic carbocycles. The van der Waals surface area contributed by atoms with Crippen molar-refractivity contribution in [3.8, 4) is 0 Å². The van der Waals surface area contributed by atoms with Gasteiger partial charge in [0.2, 0.25) is 0 Å². The van der Waals surface area contributed by atoms with Crippen molar-refractivity contribution in [2.75, 3.05) is 0 Å². The Morgan fingerprint density at radius 2 is 2.00 bits per heavy atom. The van der Waals surface area contributed by atoms with Crippen molar-refractivity contribution in [2.24, 2.45) is 16.7 Å². The van der Waals surface area contributed by atoms with Gasteiger partial charge in [-0.2, -0.15) is 0 Å². The van der Waals surface area contributed by atoms with Crippen LogP contribution in [-0.4, -0.2) is 5.78 Å². The maximum Gasteiger partial charge on any atom is 0.145 e. The van der Waals surface area contributed by atoms with Crippen LogP contribution in [0.5, 0.6) is 0 Å². The number of carbonyl (C=O) groups excluding carboxylic acids is 1. The molecule has 1 saturated carbocycles. The number of hydrogen-bond donors (Lipinski definition) is 0. The normalized spacial score (nSPS) is 39.7. The Morgan fingerprint density at radius 1 is 1.27 bits per heavy atom. The predicted octanol–water partition coefficient (Wildman–Crippen LogP) is 3.74. The van der Waals surface area contributed by atoms with Crippen molar-refractivity contribution in [2.45, 2.75) is 52.9 Å². The molecule has 0 amide bonds. The van der Waals surface area contributed by atoms with Crippen LogP contribution in [0.3, 0.4) is 0 Å². The third kappa shape index (κ3) is 1.56. The summed E-state index contributed by atoms with van der Waals surface area (Å²) in [5.74, 6) is 1.06. The van der Waals surface area contributed by atoms with E-state index in [1.807, 2.05) is 0 Å². The first-order valence-electron chi connectivity index (χ1n) is 6.19. The number of rotatable bonds is 0. The van der Waals surface area contributed by atoms with E-state index in [4.69, 9.17) is 0 Å². The van der Waals surface area contributed by atoms with Crippen LogP contribution in [-0.2, 0) is 4.79 Å². The van der Waals surface area contributed by atoms with E-state index in [1.165, 1.54) is 6.42 Å². The minimum atomic E-state index is -0.0856. The zero-order valence-corrected chi connectivity index (χ0v) is 10.2. The van der Waals surface area contributed by atoms with Gasteiger partial charge in [-0.05, 0) is 31.6 Å². The van der Waals surface area contributed by atoms with Gasteiger partial charge in [0.15, 0.2) is 0 Å². The first kappa shape index (κ1) is 10.9. The molecule has 0 aromatic rings. The zero-order chi connectivity index (χ0) is 11.1. The van der Waals surface area contributed by atoms with Gasteiger partial charge in [-0.3, -0.25) is 4.79 Å². The van der Waals surface area contributed by atoms with Gasteiger partial charge in [0.05, 0.1) is 0 Å². The maximum atomic E-state index is 12.6. The summed E-state index contributed by atoms with van der Waals surface area (Å²) >= 11 is 0. The van der Waals surface area contributed by atoms with Gasteiger partial charge in [0, 0.05) is 10.8 Å². The molecule has 0 aromatic carbocycles. The van der Waals surface area contributed by atoms with Crippen LogP contribution in [0, 0.1) is 16.7 Å². The number of hydrogen-bond acceptors (Lipinski definition) is 1. The van der Waals surface area contributed by atoms with Gasteiger partial charge in [0.25, 0.3) is 0 Å². The van der Waals surface area contributed by atoms with E-state index in [0.717, 1.165) is 25.7 Å². The lowest BCUT2D eigenvalue weighted by Gasteiger charge is -2.47. The Kier molecular flexibility index (Phi) is 2.52. The molecule has 1 fully saturated rings. The third-order valence-corrected chi connectivity index (χ3v) is 4.57. The van der Waals surface area contributed by atoms with Crippen LogP contribution in [0.2, 0.25) is 0 Å². The average molecular weight is 206 g/mol. The van der Waals surface area contributed by atoms with Crippen molar-refractivity contribution in [1.29, 1.82) is 0 Å². The van der Waals surface area contributed by atoms with Gasteiger partial charge in [-0.15, -0.1) is 0 Å².